The second kappa shape index (κ2) is 8.87. The number of pyridine rings is 1. The molecule has 5 rings (SSSR count). The van der Waals surface area contributed by atoms with Crippen LogP contribution < -0.4 is 5.32 Å². The van der Waals surface area contributed by atoms with Crippen LogP contribution in [0.15, 0.2) is 71.0 Å². The molecular weight excluding hydrogens is 446 g/mol. The van der Waals surface area contributed by atoms with Crippen LogP contribution in [-0.2, 0) is 16.6 Å². The molecule has 1 aromatic carbocycles. The van der Waals surface area contributed by atoms with Gasteiger partial charge in [-0.15, -0.1) is 11.3 Å². The number of rotatable bonds is 6. The monoisotopic (exact) mass is 471 g/mol. The number of amides is 1. The quantitative estimate of drug-likeness (QED) is 0.329. The van der Waals surface area contributed by atoms with Crippen molar-refractivity contribution in [2.24, 2.45) is 0 Å². The number of fused-ring (bicyclic) bond motifs is 1. The summed E-state index contributed by atoms with van der Waals surface area (Å²) in [4.78, 5) is 21.4. The fourth-order valence-electron chi connectivity index (χ4n) is 3.73. The molecular formula is C26H25N5O2S. The summed E-state index contributed by atoms with van der Waals surface area (Å²) in [6.45, 7) is 6.11. The van der Waals surface area contributed by atoms with Gasteiger partial charge in [-0.05, 0) is 30.2 Å². The molecule has 0 aliphatic rings. The second-order valence-corrected chi connectivity index (χ2v) is 10.1. The number of carbonyl (C=O) groups is 1. The number of hydrogen-bond acceptors (Lipinski definition) is 6. The molecule has 0 spiro atoms. The fourth-order valence-corrected chi connectivity index (χ4v) is 4.37. The first-order chi connectivity index (χ1) is 16.4. The van der Waals surface area contributed by atoms with E-state index in [0.29, 0.717) is 18.7 Å². The van der Waals surface area contributed by atoms with E-state index in [9.17, 15) is 4.79 Å². The minimum atomic E-state index is -0.156. The highest BCUT2D eigenvalue weighted by atomic mass is 32.1. The zero-order valence-electron chi connectivity index (χ0n) is 19.3. The van der Waals surface area contributed by atoms with Gasteiger partial charge in [0.1, 0.15) is 16.4 Å². The highest BCUT2D eigenvalue weighted by Crippen LogP contribution is 2.27. The zero-order valence-corrected chi connectivity index (χ0v) is 20.1. The van der Waals surface area contributed by atoms with Gasteiger partial charge in [0.15, 0.2) is 5.82 Å². The third kappa shape index (κ3) is 4.63. The molecule has 0 atom stereocenters. The van der Waals surface area contributed by atoms with E-state index >= 15 is 0 Å². The van der Waals surface area contributed by atoms with Crippen LogP contribution in [0.3, 0.4) is 0 Å². The Bertz CT molecular complexity index is 1440. The lowest BCUT2D eigenvalue weighted by Gasteiger charge is -2.12. The number of benzene rings is 1. The number of hydrogen-bond donors (Lipinski definition) is 1. The lowest BCUT2D eigenvalue weighted by Crippen LogP contribution is -2.13. The Labute approximate surface area is 201 Å². The molecule has 34 heavy (non-hydrogen) atoms. The molecule has 0 saturated carbocycles. The Morgan fingerprint density at radius 1 is 1.12 bits per heavy atom. The summed E-state index contributed by atoms with van der Waals surface area (Å²) in [6.07, 6.45) is 6.68. The first-order valence-electron chi connectivity index (χ1n) is 11.1. The van der Waals surface area contributed by atoms with Crippen LogP contribution in [0.25, 0.3) is 27.5 Å². The normalized spacial score (nSPS) is 11.7. The number of nitrogens with zero attached hydrogens (tertiary/aromatic N) is 4. The predicted octanol–water partition coefficient (Wildman–Crippen LogP) is 5.98. The smallest absolute Gasteiger partial charge is 0.225 e. The number of thiazole rings is 1. The van der Waals surface area contributed by atoms with Crippen LogP contribution in [0.5, 0.6) is 0 Å². The van der Waals surface area contributed by atoms with E-state index in [1.165, 1.54) is 0 Å². The first-order valence-corrected chi connectivity index (χ1v) is 12.0. The van der Waals surface area contributed by atoms with E-state index in [2.05, 4.69) is 43.0 Å². The largest absolute Gasteiger partial charge is 0.359 e. The fraction of sp³-hybridized carbons (Fsp3) is 0.231. The predicted molar refractivity (Wildman–Crippen MR) is 134 cm³/mol. The van der Waals surface area contributed by atoms with Crippen LogP contribution in [0.2, 0.25) is 0 Å². The average molecular weight is 472 g/mol. The Balaban J connectivity index is 1.28. The van der Waals surface area contributed by atoms with Gasteiger partial charge in [-0.3, -0.25) is 9.20 Å². The number of aryl methyl sites for hydroxylation is 1. The number of anilines is 1. The average Bonchev–Trinajstić information content (AvgIpc) is 3.57. The molecule has 1 N–H and O–H groups in total. The molecule has 8 heteroatoms. The maximum absolute atomic E-state index is 12.5. The van der Waals surface area contributed by atoms with Gasteiger partial charge in [-0.1, -0.05) is 44.1 Å². The molecule has 0 bridgehead atoms. The van der Waals surface area contributed by atoms with Crippen molar-refractivity contribution in [2.45, 2.75) is 39.0 Å². The SMILES string of the molecule is CC(C)(C)c1cc(NC(=O)CCc2cccc(-c3cnc4cc(-c5nccs5)ccn34)c2)no1. The van der Waals surface area contributed by atoms with Gasteiger partial charge < -0.3 is 9.84 Å². The van der Waals surface area contributed by atoms with Gasteiger partial charge in [-0.25, -0.2) is 9.97 Å². The van der Waals surface area contributed by atoms with Gasteiger partial charge in [0.25, 0.3) is 0 Å². The van der Waals surface area contributed by atoms with Crippen molar-refractivity contribution < 1.29 is 9.32 Å². The van der Waals surface area contributed by atoms with Crippen molar-refractivity contribution >= 4 is 28.7 Å². The number of carbonyl (C=O) groups excluding carboxylic acids is 1. The molecule has 5 aromatic rings. The Morgan fingerprint density at radius 3 is 2.76 bits per heavy atom. The molecule has 0 unspecified atom stereocenters. The second-order valence-electron chi connectivity index (χ2n) is 9.20. The number of nitrogens with one attached hydrogen (secondary N) is 1. The molecule has 7 nitrogen and oxygen atoms in total. The van der Waals surface area contributed by atoms with Gasteiger partial charge >= 0.3 is 0 Å². The molecule has 0 saturated heterocycles. The topological polar surface area (TPSA) is 85.3 Å². The van der Waals surface area contributed by atoms with Crippen molar-refractivity contribution in [1.29, 1.82) is 0 Å². The molecule has 4 heterocycles. The van der Waals surface area contributed by atoms with Crippen LogP contribution in [-0.4, -0.2) is 25.4 Å². The minimum Gasteiger partial charge on any atom is -0.359 e. The summed E-state index contributed by atoms with van der Waals surface area (Å²) in [6, 6.07) is 14.1. The van der Waals surface area contributed by atoms with Crippen molar-refractivity contribution in [2.75, 3.05) is 5.32 Å². The van der Waals surface area contributed by atoms with Crippen molar-refractivity contribution in [1.82, 2.24) is 19.5 Å². The van der Waals surface area contributed by atoms with Crippen molar-refractivity contribution in [3.05, 3.63) is 77.8 Å². The summed E-state index contributed by atoms with van der Waals surface area (Å²) in [5.74, 6) is 1.09. The first kappa shape index (κ1) is 22.0. The van der Waals surface area contributed by atoms with Crippen LogP contribution >= 0.6 is 11.3 Å². The van der Waals surface area contributed by atoms with E-state index in [-0.39, 0.29) is 11.3 Å². The third-order valence-corrected chi connectivity index (χ3v) is 6.39. The van der Waals surface area contributed by atoms with Gasteiger partial charge in [0.2, 0.25) is 5.91 Å². The van der Waals surface area contributed by atoms with Crippen molar-refractivity contribution in [3.63, 3.8) is 0 Å². The standard InChI is InChI=1S/C26H25N5O2S/c1-26(2,3)21-15-22(30-33-21)29-24(32)8-7-17-5-4-6-18(13-17)20-16-28-23-14-19(9-11-31(20)23)25-27-10-12-34-25/h4-6,9-16H,7-8H2,1-3H3,(H,29,30,32). The third-order valence-electron chi connectivity index (χ3n) is 5.57. The summed E-state index contributed by atoms with van der Waals surface area (Å²) in [5.41, 5.74) is 4.91. The van der Waals surface area contributed by atoms with Crippen molar-refractivity contribution in [3.8, 4) is 21.8 Å². The molecule has 0 aliphatic carbocycles. The maximum atomic E-state index is 12.5. The van der Waals surface area contributed by atoms with E-state index in [1.54, 1.807) is 17.4 Å². The van der Waals surface area contributed by atoms with E-state index in [1.807, 2.05) is 62.9 Å². The van der Waals surface area contributed by atoms with E-state index < -0.39 is 0 Å². The molecule has 0 radical (unpaired) electrons. The van der Waals surface area contributed by atoms with Crippen LogP contribution in [0.4, 0.5) is 5.82 Å². The Morgan fingerprint density at radius 2 is 2.00 bits per heavy atom. The molecule has 0 aliphatic heterocycles. The lowest BCUT2D eigenvalue weighted by molar-refractivity contribution is -0.116. The molecule has 1 amide bonds. The molecule has 0 fully saturated rings. The maximum Gasteiger partial charge on any atom is 0.225 e. The minimum absolute atomic E-state index is 0.0938. The van der Waals surface area contributed by atoms with Crippen LogP contribution in [0.1, 0.15) is 38.5 Å². The summed E-state index contributed by atoms with van der Waals surface area (Å²) in [5, 5.41) is 9.73. The molecule has 4 aromatic heterocycles. The van der Waals surface area contributed by atoms with Crippen LogP contribution in [0, 0.1) is 0 Å². The lowest BCUT2D eigenvalue weighted by atomic mass is 9.93. The number of imidazole rings is 1. The highest BCUT2D eigenvalue weighted by molar-refractivity contribution is 7.13. The zero-order chi connectivity index (χ0) is 23.7. The highest BCUT2D eigenvalue weighted by Gasteiger charge is 2.20. The Hall–Kier alpha value is -3.78. The Kier molecular flexibility index (Phi) is 5.75. The van der Waals surface area contributed by atoms with Gasteiger partial charge in [-0.2, -0.15) is 0 Å². The van der Waals surface area contributed by atoms with E-state index in [4.69, 9.17) is 4.52 Å². The van der Waals surface area contributed by atoms with E-state index in [0.717, 1.165) is 38.8 Å². The number of aromatic nitrogens is 4. The van der Waals surface area contributed by atoms with Gasteiger partial charge in [0.05, 0.1) is 11.9 Å². The van der Waals surface area contributed by atoms with Gasteiger partial charge in [0, 0.05) is 46.8 Å². The summed E-state index contributed by atoms with van der Waals surface area (Å²) in [7, 11) is 0. The molecule has 172 valence electrons. The summed E-state index contributed by atoms with van der Waals surface area (Å²) < 4.78 is 7.41. The summed E-state index contributed by atoms with van der Waals surface area (Å²) >= 11 is 1.61.